The summed E-state index contributed by atoms with van der Waals surface area (Å²) < 4.78 is 0. The SMILES string of the molecule is CCCN(CCC#N)CCN(CC)CCO. The molecule has 94 valence electrons. The van der Waals surface area contributed by atoms with Crippen molar-refractivity contribution in [2.45, 2.75) is 26.7 Å². The molecule has 0 aromatic rings. The molecule has 16 heavy (non-hydrogen) atoms. The summed E-state index contributed by atoms with van der Waals surface area (Å²) in [6.45, 7) is 10.1. The van der Waals surface area contributed by atoms with Crippen molar-refractivity contribution in [1.29, 1.82) is 5.26 Å². The highest BCUT2D eigenvalue weighted by molar-refractivity contribution is 4.73. The summed E-state index contributed by atoms with van der Waals surface area (Å²) >= 11 is 0. The standard InChI is InChI=1S/C12H25N3O/c1-3-7-15(8-5-6-13)10-9-14(4-2)11-12-16/h16H,3-5,7-12H2,1-2H3. The summed E-state index contributed by atoms with van der Waals surface area (Å²) in [7, 11) is 0. The van der Waals surface area contributed by atoms with Gasteiger partial charge < -0.3 is 14.9 Å². The van der Waals surface area contributed by atoms with E-state index in [2.05, 4.69) is 29.7 Å². The zero-order valence-corrected chi connectivity index (χ0v) is 10.7. The third-order valence-corrected chi connectivity index (χ3v) is 2.68. The summed E-state index contributed by atoms with van der Waals surface area (Å²) in [5.74, 6) is 0. The van der Waals surface area contributed by atoms with Gasteiger partial charge in [0.1, 0.15) is 0 Å². The van der Waals surface area contributed by atoms with Gasteiger partial charge in [-0.3, -0.25) is 0 Å². The first-order valence-electron chi connectivity index (χ1n) is 6.20. The lowest BCUT2D eigenvalue weighted by Gasteiger charge is -2.25. The predicted molar refractivity (Wildman–Crippen MR) is 66.2 cm³/mol. The smallest absolute Gasteiger partial charge is 0.0635 e. The molecule has 0 heterocycles. The van der Waals surface area contributed by atoms with Crippen molar-refractivity contribution in [2.24, 2.45) is 0 Å². The number of aliphatic hydroxyl groups is 1. The van der Waals surface area contributed by atoms with Gasteiger partial charge in [-0.25, -0.2) is 0 Å². The first kappa shape index (κ1) is 15.4. The Kier molecular flexibility index (Phi) is 10.4. The van der Waals surface area contributed by atoms with E-state index in [4.69, 9.17) is 10.4 Å². The Morgan fingerprint density at radius 3 is 2.19 bits per heavy atom. The molecule has 1 N–H and O–H groups in total. The van der Waals surface area contributed by atoms with Crippen LogP contribution >= 0.6 is 0 Å². The summed E-state index contributed by atoms with van der Waals surface area (Å²) in [6, 6.07) is 2.19. The summed E-state index contributed by atoms with van der Waals surface area (Å²) in [5.41, 5.74) is 0. The average Bonchev–Trinajstić information content (AvgIpc) is 2.30. The first-order valence-corrected chi connectivity index (χ1v) is 6.20. The molecule has 4 nitrogen and oxygen atoms in total. The molecule has 0 unspecified atom stereocenters. The molecule has 0 aliphatic carbocycles. The molecule has 0 aromatic carbocycles. The van der Waals surface area contributed by atoms with Gasteiger partial charge in [0, 0.05) is 32.6 Å². The van der Waals surface area contributed by atoms with Gasteiger partial charge in [0.05, 0.1) is 12.7 Å². The quantitative estimate of drug-likeness (QED) is 0.603. The topological polar surface area (TPSA) is 50.5 Å². The Morgan fingerprint density at radius 2 is 1.69 bits per heavy atom. The number of likely N-dealkylation sites (N-methyl/N-ethyl adjacent to an activating group) is 1. The lowest BCUT2D eigenvalue weighted by atomic mass is 10.3. The van der Waals surface area contributed by atoms with E-state index in [9.17, 15) is 0 Å². The molecule has 0 spiro atoms. The Bertz CT molecular complexity index is 191. The van der Waals surface area contributed by atoms with E-state index in [1.165, 1.54) is 0 Å². The Labute approximate surface area is 99.5 Å². The minimum Gasteiger partial charge on any atom is -0.395 e. The van der Waals surface area contributed by atoms with Crippen LogP contribution in [0.3, 0.4) is 0 Å². The maximum atomic E-state index is 8.88. The van der Waals surface area contributed by atoms with Gasteiger partial charge in [0.15, 0.2) is 0 Å². The van der Waals surface area contributed by atoms with E-state index >= 15 is 0 Å². The molecule has 0 bridgehead atoms. The molecule has 0 saturated carbocycles. The second-order valence-electron chi connectivity index (χ2n) is 3.91. The third kappa shape index (κ3) is 7.63. The third-order valence-electron chi connectivity index (χ3n) is 2.68. The highest BCUT2D eigenvalue weighted by atomic mass is 16.3. The van der Waals surface area contributed by atoms with Crippen LogP contribution in [0.2, 0.25) is 0 Å². The van der Waals surface area contributed by atoms with E-state index < -0.39 is 0 Å². The molecule has 0 rings (SSSR count). The van der Waals surface area contributed by atoms with Crippen molar-refractivity contribution < 1.29 is 5.11 Å². The van der Waals surface area contributed by atoms with E-state index in [1.54, 1.807) is 0 Å². The molecule has 4 heteroatoms. The second kappa shape index (κ2) is 10.9. The summed E-state index contributed by atoms with van der Waals surface area (Å²) in [4.78, 5) is 4.55. The molecule has 0 aliphatic rings. The summed E-state index contributed by atoms with van der Waals surface area (Å²) in [6.07, 6.45) is 1.73. The average molecular weight is 227 g/mol. The minimum absolute atomic E-state index is 0.222. The van der Waals surface area contributed by atoms with Crippen molar-refractivity contribution in [3.05, 3.63) is 0 Å². The van der Waals surface area contributed by atoms with Crippen LogP contribution in [0, 0.1) is 11.3 Å². The number of rotatable bonds is 10. The number of aliphatic hydroxyl groups excluding tert-OH is 1. The number of nitriles is 1. The molecule has 0 saturated heterocycles. The zero-order chi connectivity index (χ0) is 12.2. The zero-order valence-electron chi connectivity index (χ0n) is 10.7. The van der Waals surface area contributed by atoms with Gasteiger partial charge >= 0.3 is 0 Å². The molecule has 0 radical (unpaired) electrons. The van der Waals surface area contributed by atoms with E-state index in [0.29, 0.717) is 6.42 Å². The number of hydrogen-bond acceptors (Lipinski definition) is 4. The minimum atomic E-state index is 0.222. The fourth-order valence-corrected chi connectivity index (χ4v) is 1.71. The second-order valence-corrected chi connectivity index (χ2v) is 3.91. The van der Waals surface area contributed by atoms with E-state index in [1.807, 2.05) is 0 Å². The molecule has 0 aromatic heterocycles. The molecule has 0 aliphatic heterocycles. The Balaban J connectivity index is 3.84. The number of hydrogen-bond donors (Lipinski definition) is 1. The molecule has 0 fully saturated rings. The molecular weight excluding hydrogens is 202 g/mol. The first-order chi connectivity index (χ1) is 7.78. The summed E-state index contributed by atoms with van der Waals surface area (Å²) in [5, 5.41) is 17.5. The monoisotopic (exact) mass is 227 g/mol. The lowest BCUT2D eigenvalue weighted by molar-refractivity contribution is 0.174. The fraction of sp³-hybridized carbons (Fsp3) is 0.917. The predicted octanol–water partition coefficient (Wildman–Crippen LogP) is 0.926. The maximum Gasteiger partial charge on any atom is 0.0635 e. The lowest BCUT2D eigenvalue weighted by Crippen LogP contribution is -2.37. The Hall–Kier alpha value is -0.630. The van der Waals surface area contributed by atoms with Gasteiger partial charge in [-0.05, 0) is 19.5 Å². The van der Waals surface area contributed by atoms with Crippen LogP contribution in [0.1, 0.15) is 26.7 Å². The molecular formula is C12H25N3O. The molecule has 0 atom stereocenters. The van der Waals surface area contributed by atoms with Gasteiger partial charge in [0.2, 0.25) is 0 Å². The van der Waals surface area contributed by atoms with Crippen molar-refractivity contribution in [3.8, 4) is 6.07 Å². The highest BCUT2D eigenvalue weighted by Crippen LogP contribution is 1.96. The van der Waals surface area contributed by atoms with Crippen LogP contribution in [0.4, 0.5) is 0 Å². The van der Waals surface area contributed by atoms with Gasteiger partial charge in [0.25, 0.3) is 0 Å². The largest absolute Gasteiger partial charge is 0.395 e. The van der Waals surface area contributed by atoms with Gasteiger partial charge in [-0.15, -0.1) is 0 Å². The van der Waals surface area contributed by atoms with Crippen molar-refractivity contribution in [2.75, 3.05) is 45.9 Å². The number of nitrogens with zero attached hydrogens (tertiary/aromatic N) is 3. The Morgan fingerprint density at radius 1 is 1.00 bits per heavy atom. The van der Waals surface area contributed by atoms with Gasteiger partial charge in [-0.2, -0.15) is 5.26 Å². The van der Waals surface area contributed by atoms with Crippen molar-refractivity contribution in [3.63, 3.8) is 0 Å². The van der Waals surface area contributed by atoms with Crippen molar-refractivity contribution >= 4 is 0 Å². The van der Waals surface area contributed by atoms with Crippen LogP contribution < -0.4 is 0 Å². The normalized spacial score (nSPS) is 11.0. The highest BCUT2D eigenvalue weighted by Gasteiger charge is 2.06. The maximum absolute atomic E-state index is 8.88. The van der Waals surface area contributed by atoms with Crippen LogP contribution in [0.15, 0.2) is 0 Å². The van der Waals surface area contributed by atoms with Crippen LogP contribution in [-0.4, -0.2) is 60.8 Å². The van der Waals surface area contributed by atoms with Crippen LogP contribution in [0.5, 0.6) is 0 Å². The van der Waals surface area contributed by atoms with Gasteiger partial charge in [-0.1, -0.05) is 13.8 Å². The molecule has 0 amide bonds. The van der Waals surface area contributed by atoms with E-state index in [0.717, 1.165) is 45.7 Å². The van der Waals surface area contributed by atoms with Crippen LogP contribution in [-0.2, 0) is 0 Å². The van der Waals surface area contributed by atoms with E-state index in [-0.39, 0.29) is 6.61 Å². The fourth-order valence-electron chi connectivity index (χ4n) is 1.71. The van der Waals surface area contributed by atoms with Crippen molar-refractivity contribution in [1.82, 2.24) is 9.80 Å². The van der Waals surface area contributed by atoms with Crippen LogP contribution in [0.25, 0.3) is 0 Å².